The fourth-order valence-corrected chi connectivity index (χ4v) is 2.70. The lowest BCUT2D eigenvalue weighted by Crippen LogP contribution is -2.32. The molecule has 1 aromatic rings. The largest absolute Gasteiger partial charge is 0.343 e. The quantitative estimate of drug-likeness (QED) is 0.580. The molecule has 7 nitrogen and oxygen atoms in total. The number of nitrogens with zero attached hydrogens (tertiary/aromatic N) is 2. The van der Waals surface area contributed by atoms with Crippen molar-refractivity contribution in [2.45, 2.75) is 20.8 Å². The van der Waals surface area contributed by atoms with Gasteiger partial charge in [0.05, 0.1) is 16.4 Å². The number of amides is 2. The number of anilines is 1. The van der Waals surface area contributed by atoms with E-state index in [0.29, 0.717) is 13.1 Å². The number of thioether (sulfide) groups is 1. The van der Waals surface area contributed by atoms with Gasteiger partial charge in [-0.25, -0.2) is 0 Å². The van der Waals surface area contributed by atoms with Gasteiger partial charge in [-0.05, 0) is 32.4 Å². The van der Waals surface area contributed by atoms with Crippen LogP contribution in [0.4, 0.5) is 11.4 Å². The highest BCUT2D eigenvalue weighted by Gasteiger charge is 2.16. The van der Waals surface area contributed by atoms with Crippen molar-refractivity contribution in [3.05, 3.63) is 33.9 Å². The van der Waals surface area contributed by atoms with Crippen LogP contribution in [0.25, 0.3) is 0 Å². The summed E-state index contributed by atoms with van der Waals surface area (Å²) in [4.78, 5) is 35.9. The van der Waals surface area contributed by atoms with Gasteiger partial charge in [0.25, 0.3) is 5.69 Å². The Morgan fingerprint density at radius 1 is 1.26 bits per heavy atom. The van der Waals surface area contributed by atoms with Crippen molar-refractivity contribution in [2.24, 2.45) is 0 Å². The molecule has 0 heterocycles. The Kier molecular flexibility index (Phi) is 7.53. The van der Waals surface area contributed by atoms with E-state index in [-0.39, 0.29) is 34.7 Å². The van der Waals surface area contributed by atoms with Crippen molar-refractivity contribution in [1.82, 2.24) is 4.90 Å². The monoisotopic (exact) mass is 339 g/mol. The minimum Gasteiger partial charge on any atom is -0.343 e. The average Bonchev–Trinajstić information content (AvgIpc) is 2.50. The number of nitro benzene ring substituents is 1. The number of carbonyl (C=O) groups is 2. The van der Waals surface area contributed by atoms with Gasteiger partial charge in [-0.1, -0.05) is 6.07 Å². The SMILES string of the molecule is CCN(CC)C(=O)CSCC(=O)Nc1ccc(C)cc1[N+](=O)[O-]. The lowest BCUT2D eigenvalue weighted by atomic mass is 10.2. The zero-order valence-corrected chi connectivity index (χ0v) is 14.3. The van der Waals surface area contributed by atoms with Crippen LogP contribution >= 0.6 is 11.8 Å². The molecule has 0 aliphatic carbocycles. The minimum atomic E-state index is -0.528. The average molecular weight is 339 g/mol. The van der Waals surface area contributed by atoms with Crippen LogP contribution in [-0.4, -0.2) is 46.2 Å². The number of carbonyl (C=O) groups excluding carboxylic acids is 2. The Bertz CT molecular complexity index is 588. The second-order valence-corrected chi connectivity index (χ2v) is 5.87. The molecule has 0 aliphatic rings. The topological polar surface area (TPSA) is 92.6 Å². The third kappa shape index (κ3) is 5.90. The zero-order chi connectivity index (χ0) is 17.4. The second-order valence-electron chi connectivity index (χ2n) is 4.88. The van der Waals surface area contributed by atoms with Crippen molar-refractivity contribution in [3.8, 4) is 0 Å². The molecule has 23 heavy (non-hydrogen) atoms. The first-order chi connectivity index (χ1) is 10.9. The van der Waals surface area contributed by atoms with Crippen LogP contribution in [0.1, 0.15) is 19.4 Å². The molecule has 0 unspecified atom stereocenters. The fraction of sp³-hybridized carbons (Fsp3) is 0.467. The number of rotatable bonds is 8. The molecule has 0 spiro atoms. The summed E-state index contributed by atoms with van der Waals surface area (Å²) < 4.78 is 0. The molecule has 0 aromatic heterocycles. The molecule has 2 amide bonds. The Morgan fingerprint density at radius 2 is 1.91 bits per heavy atom. The van der Waals surface area contributed by atoms with E-state index in [2.05, 4.69) is 5.32 Å². The smallest absolute Gasteiger partial charge is 0.293 e. The second kappa shape index (κ2) is 9.14. The van der Waals surface area contributed by atoms with E-state index in [9.17, 15) is 19.7 Å². The Morgan fingerprint density at radius 3 is 2.48 bits per heavy atom. The lowest BCUT2D eigenvalue weighted by molar-refractivity contribution is -0.384. The van der Waals surface area contributed by atoms with Crippen molar-refractivity contribution >= 4 is 35.0 Å². The van der Waals surface area contributed by atoms with Crippen molar-refractivity contribution in [1.29, 1.82) is 0 Å². The van der Waals surface area contributed by atoms with Crippen LogP contribution in [0, 0.1) is 17.0 Å². The lowest BCUT2D eigenvalue weighted by Gasteiger charge is -2.18. The maximum Gasteiger partial charge on any atom is 0.293 e. The Hall–Kier alpha value is -2.09. The number of nitro groups is 1. The molecule has 0 atom stereocenters. The molecule has 0 aliphatic heterocycles. The van der Waals surface area contributed by atoms with Gasteiger partial charge in [-0.3, -0.25) is 19.7 Å². The zero-order valence-electron chi connectivity index (χ0n) is 13.5. The predicted octanol–water partition coefficient (Wildman–Crippen LogP) is 2.44. The molecule has 1 rings (SSSR count). The molecule has 126 valence electrons. The van der Waals surface area contributed by atoms with Crippen molar-refractivity contribution in [2.75, 3.05) is 29.9 Å². The first-order valence-electron chi connectivity index (χ1n) is 7.29. The number of benzene rings is 1. The van der Waals surface area contributed by atoms with E-state index >= 15 is 0 Å². The van der Waals surface area contributed by atoms with E-state index in [1.807, 2.05) is 13.8 Å². The van der Waals surface area contributed by atoms with Gasteiger partial charge in [0, 0.05) is 19.2 Å². The molecule has 1 aromatic carbocycles. The van der Waals surface area contributed by atoms with Crippen LogP contribution in [0.3, 0.4) is 0 Å². The van der Waals surface area contributed by atoms with Gasteiger partial charge < -0.3 is 10.2 Å². The van der Waals surface area contributed by atoms with Gasteiger partial charge in [0.15, 0.2) is 0 Å². The van der Waals surface area contributed by atoms with Crippen LogP contribution in [0.15, 0.2) is 18.2 Å². The molecule has 0 fully saturated rings. The molecule has 0 saturated heterocycles. The molecule has 0 radical (unpaired) electrons. The van der Waals surface area contributed by atoms with Crippen LogP contribution in [0.5, 0.6) is 0 Å². The summed E-state index contributed by atoms with van der Waals surface area (Å²) in [7, 11) is 0. The van der Waals surface area contributed by atoms with Gasteiger partial charge in [-0.15, -0.1) is 11.8 Å². The van der Waals surface area contributed by atoms with Gasteiger partial charge in [0.2, 0.25) is 11.8 Å². The minimum absolute atomic E-state index is 0.0193. The third-order valence-electron chi connectivity index (χ3n) is 3.20. The van der Waals surface area contributed by atoms with Gasteiger partial charge >= 0.3 is 0 Å². The highest BCUT2D eigenvalue weighted by Crippen LogP contribution is 2.25. The molecule has 1 N–H and O–H groups in total. The molecule has 8 heteroatoms. The summed E-state index contributed by atoms with van der Waals surface area (Å²) >= 11 is 1.19. The van der Waals surface area contributed by atoms with Crippen LogP contribution in [0.2, 0.25) is 0 Å². The number of aryl methyl sites for hydroxylation is 1. The summed E-state index contributed by atoms with van der Waals surface area (Å²) in [6, 6.07) is 4.61. The molecule has 0 saturated carbocycles. The first-order valence-corrected chi connectivity index (χ1v) is 8.44. The van der Waals surface area contributed by atoms with Crippen molar-refractivity contribution in [3.63, 3.8) is 0 Å². The van der Waals surface area contributed by atoms with E-state index in [1.165, 1.54) is 23.9 Å². The normalized spacial score (nSPS) is 10.2. The number of hydrogen-bond acceptors (Lipinski definition) is 5. The molecule has 0 bridgehead atoms. The Labute approximate surface area is 139 Å². The number of hydrogen-bond donors (Lipinski definition) is 1. The van der Waals surface area contributed by atoms with Crippen molar-refractivity contribution < 1.29 is 14.5 Å². The molecular weight excluding hydrogens is 318 g/mol. The summed E-state index contributed by atoms with van der Waals surface area (Å²) in [6.45, 7) is 6.81. The highest BCUT2D eigenvalue weighted by molar-refractivity contribution is 8.00. The van der Waals surface area contributed by atoms with E-state index in [4.69, 9.17) is 0 Å². The third-order valence-corrected chi connectivity index (χ3v) is 4.12. The van der Waals surface area contributed by atoms with Crippen LogP contribution < -0.4 is 5.32 Å². The van der Waals surface area contributed by atoms with Gasteiger partial charge in [-0.2, -0.15) is 0 Å². The summed E-state index contributed by atoms with van der Waals surface area (Å²) in [5.74, 6) is -0.105. The van der Waals surface area contributed by atoms with E-state index in [1.54, 1.807) is 17.9 Å². The number of nitrogens with one attached hydrogen (secondary N) is 1. The van der Waals surface area contributed by atoms with E-state index in [0.717, 1.165) is 5.56 Å². The summed E-state index contributed by atoms with van der Waals surface area (Å²) in [6.07, 6.45) is 0. The first kappa shape index (κ1) is 19.0. The van der Waals surface area contributed by atoms with Crippen LogP contribution in [-0.2, 0) is 9.59 Å². The maximum absolute atomic E-state index is 11.9. The maximum atomic E-state index is 11.9. The van der Waals surface area contributed by atoms with E-state index < -0.39 is 4.92 Å². The highest BCUT2D eigenvalue weighted by atomic mass is 32.2. The molecular formula is C15H21N3O4S. The summed E-state index contributed by atoms with van der Waals surface area (Å²) in [5, 5.41) is 13.5. The van der Waals surface area contributed by atoms with Gasteiger partial charge in [0.1, 0.15) is 5.69 Å². The fourth-order valence-electron chi connectivity index (χ4n) is 1.98. The summed E-state index contributed by atoms with van der Waals surface area (Å²) in [5.41, 5.74) is 0.776. The predicted molar refractivity (Wildman–Crippen MR) is 91.7 cm³/mol. The standard InChI is InChI=1S/C15H21N3O4S/c1-4-17(5-2)15(20)10-23-9-14(19)16-12-7-6-11(3)8-13(12)18(21)22/h6-8H,4-5,9-10H2,1-3H3,(H,16,19). The Balaban J connectivity index is 2.55.